The van der Waals surface area contributed by atoms with Gasteiger partial charge in [-0.25, -0.2) is 9.78 Å². The molecule has 3 fully saturated rings. The number of para-hydroxylation sites is 1. The van der Waals surface area contributed by atoms with Crippen LogP contribution in [0, 0.1) is 11.8 Å². The normalized spacial score (nSPS) is 22.3. The summed E-state index contributed by atoms with van der Waals surface area (Å²) in [5.41, 5.74) is 3.29. The zero-order valence-corrected chi connectivity index (χ0v) is 25.9. The van der Waals surface area contributed by atoms with E-state index in [2.05, 4.69) is 15.2 Å². The topological polar surface area (TPSA) is 132 Å². The first-order valence-corrected chi connectivity index (χ1v) is 16.4. The van der Waals surface area contributed by atoms with Gasteiger partial charge in [-0.3, -0.25) is 9.59 Å². The van der Waals surface area contributed by atoms with E-state index >= 15 is 0 Å². The number of hydrogen-bond acceptors (Lipinski definition) is 6. The minimum absolute atomic E-state index is 0.176. The molecule has 2 bridgehead atoms. The van der Waals surface area contributed by atoms with E-state index in [1.807, 2.05) is 36.4 Å². The van der Waals surface area contributed by atoms with E-state index in [0.29, 0.717) is 53.1 Å². The molecule has 2 heterocycles. The van der Waals surface area contributed by atoms with Gasteiger partial charge in [0, 0.05) is 23.4 Å². The highest BCUT2D eigenvalue weighted by atomic mass is 16.7. The fourth-order valence-corrected chi connectivity index (χ4v) is 8.17. The molecule has 10 nitrogen and oxygen atoms in total. The molecule has 0 saturated heterocycles. The van der Waals surface area contributed by atoms with Crippen molar-refractivity contribution in [3.8, 4) is 22.9 Å². The molecule has 3 atom stereocenters. The highest BCUT2D eigenvalue weighted by Crippen LogP contribution is 2.53. The number of aromatic nitrogens is 2. The molecule has 240 valence electrons. The van der Waals surface area contributed by atoms with Gasteiger partial charge in [0.1, 0.15) is 11.4 Å². The number of rotatable bonds is 8. The maximum Gasteiger partial charge on any atom is 0.328 e. The Labute approximate surface area is 271 Å². The second kappa shape index (κ2) is 11.6. The first-order valence-electron chi connectivity index (χ1n) is 16.4. The average molecular weight is 633 g/mol. The number of hydrogen-bond donors (Lipinski definition) is 3. The Bertz CT molecular complexity index is 1920. The Morgan fingerprint density at radius 1 is 0.979 bits per heavy atom. The lowest BCUT2D eigenvalue weighted by molar-refractivity contribution is -0.131. The second-order valence-electron chi connectivity index (χ2n) is 13.3. The van der Waals surface area contributed by atoms with Gasteiger partial charge in [-0.05, 0) is 98.0 Å². The summed E-state index contributed by atoms with van der Waals surface area (Å²) < 4.78 is 13.9. The molecular weight excluding hydrogens is 596 g/mol. The van der Waals surface area contributed by atoms with Gasteiger partial charge in [0.25, 0.3) is 5.91 Å². The summed E-state index contributed by atoms with van der Waals surface area (Å²) in [5, 5.41) is 14.9. The quantitative estimate of drug-likeness (QED) is 0.187. The first kappa shape index (κ1) is 29.3. The Morgan fingerprint density at radius 3 is 2.55 bits per heavy atom. The SMILES string of the molecule is O=C(O)/C=C/c1ccc(NC(=O)C2(NC(=O)c3ccc4c(c3)nc(-c3cccc5c3OCO5)n4C3CC4CCC3C4)CCCC2)cc1. The summed E-state index contributed by atoms with van der Waals surface area (Å²) in [7, 11) is 0. The third kappa shape index (κ3) is 5.31. The van der Waals surface area contributed by atoms with Gasteiger partial charge in [0.2, 0.25) is 12.7 Å². The number of carbonyl (C=O) groups is 3. The van der Waals surface area contributed by atoms with E-state index in [1.165, 1.54) is 25.3 Å². The van der Waals surface area contributed by atoms with Crippen LogP contribution in [-0.4, -0.2) is 44.8 Å². The Hall–Kier alpha value is -5.12. The number of nitrogens with one attached hydrogen (secondary N) is 2. The molecule has 3 N–H and O–H groups in total. The molecule has 0 spiro atoms. The van der Waals surface area contributed by atoms with Crippen molar-refractivity contribution in [1.82, 2.24) is 14.9 Å². The van der Waals surface area contributed by atoms with Crippen LogP contribution in [0.5, 0.6) is 11.5 Å². The number of anilines is 1. The molecule has 3 aliphatic carbocycles. The van der Waals surface area contributed by atoms with E-state index in [0.717, 1.165) is 53.7 Å². The molecule has 10 heteroatoms. The third-order valence-corrected chi connectivity index (χ3v) is 10.5. The van der Waals surface area contributed by atoms with Crippen LogP contribution in [0.1, 0.15) is 73.3 Å². The first-order chi connectivity index (χ1) is 22.9. The van der Waals surface area contributed by atoms with Gasteiger partial charge in [-0.2, -0.15) is 0 Å². The fourth-order valence-electron chi connectivity index (χ4n) is 8.17. The largest absolute Gasteiger partial charge is 0.478 e. The Morgan fingerprint density at radius 2 is 1.81 bits per heavy atom. The highest BCUT2D eigenvalue weighted by Gasteiger charge is 2.44. The van der Waals surface area contributed by atoms with E-state index in [1.54, 1.807) is 24.3 Å². The molecule has 4 aromatic rings. The van der Waals surface area contributed by atoms with E-state index < -0.39 is 11.5 Å². The van der Waals surface area contributed by atoms with Gasteiger partial charge in [-0.1, -0.05) is 37.5 Å². The second-order valence-corrected chi connectivity index (χ2v) is 13.3. The van der Waals surface area contributed by atoms with Crippen LogP contribution < -0.4 is 20.1 Å². The van der Waals surface area contributed by atoms with E-state index in [4.69, 9.17) is 19.6 Å². The van der Waals surface area contributed by atoms with Crippen molar-refractivity contribution < 1.29 is 29.0 Å². The van der Waals surface area contributed by atoms with E-state index in [-0.39, 0.29) is 18.6 Å². The van der Waals surface area contributed by atoms with Crippen LogP contribution in [-0.2, 0) is 9.59 Å². The molecule has 1 aliphatic heterocycles. The van der Waals surface area contributed by atoms with Gasteiger partial charge < -0.3 is 29.8 Å². The van der Waals surface area contributed by atoms with Gasteiger partial charge in [0.15, 0.2) is 11.5 Å². The predicted octanol–water partition coefficient (Wildman–Crippen LogP) is 6.57. The van der Waals surface area contributed by atoms with Crippen LogP contribution in [0.2, 0.25) is 0 Å². The number of amides is 2. The van der Waals surface area contributed by atoms with Crippen molar-refractivity contribution in [2.75, 3.05) is 12.1 Å². The van der Waals surface area contributed by atoms with Crippen LogP contribution in [0.15, 0.2) is 66.7 Å². The minimum atomic E-state index is -1.04. The molecule has 0 radical (unpaired) electrons. The minimum Gasteiger partial charge on any atom is -0.478 e. The summed E-state index contributed by atoms with van der Waals surface area (Å²) in [6.07, 6.45) is 10.2. The number of imidazole rings is 1. The smallest absolute Gasteiger partial charge is 0.328 e. The summed E-state index contributed by atoms with van der Waals surface area (Å²) in [6, 6.07) is 18.8. The highest BCUT2D eigenvalue weighted by molar-refractivity contribution is 6.05. The van der Waals surface area contributed by atoms with Crippen molar-refractivity contribution in [2.45, 2.75) is 62.9 Å². The Balaban J connectivity index is 1.08. The molecule has 47 heavy (non-hydrogen) atoms. The van der Waals surface area contributed by atoms with Gasteiger partial charge in [0.05, 0.1) is 16.6 Å². The summed E-state index contributed by atoms with van der Waals surface area (Å²) >= 11 is 0. The number of carboxylic acid groups (broad SMARTS) is 1. The zero-order chi connectivity index (χ0) is 32.1. The predicted molar refractivity (Wildman–Crippen MR) is 176 cm³/mol. The molecule has 4 aliphatic rings. The van der Waals surface area contributed by atoms with E-state index in [9.17, 15) is 14.4 Å². The van der Waals surface area contributed by atoms with Gasteiger partial charge >= 0.3 is 5.97 Å². The summed E-state index contributed by atoms with van der Waals surface area (Å²) in [6.45, 7) is 0.176. The molecule has 1 aromatic heterocycles. The zero-order valence-electron chi connectivity index (χ0n) is 25.9. The molecule has 8 rings (SSSR count). The molecular formula is C37H36N4O6. The number of benzene rings is 3. The van der Waals surface area contributed by atoms with Crippen molar-refractivity contribution in [2.24, 2.45) is 11.8 Å². The lowest BCUT2D eigenvalue weighted by Gasteiger charge is -2.29. The number of ether oxygens (including phenoxy) is 2. The number of carbonyl (C=O) groups excluding carboxylic acids is 2. The molecule has 2 amide bonds. The number of nitrogens with zero attached hydrogens (tertiary/aromatic N) is 2. The maximum absolute atomic E-state index is 13.8. The van der Waals surface area contributed by atoms with Crippen molar-refractivity contribution in [1.29, 1.82) is 0 Å². The van der Waals surface area contributed by atoms with Crippen molar-refractivity contribution >= 4 is 40.6 Å². The maximum atomic E-state index is 13.8. The van der Waals surface area contributed by atoms with Gasteiger partial charge in [-0.15, -0.1) is 0 Å². The fraction of sp³-hybridized carbons (Fsp3) is 0.351. The number of carboxylic acids is 1. The molecule has 3 saturated carbocycles. The van der Waals surface area contributed by atoms with Crippen molar-refractivity contribution in [3.05, 3.63) is 77.9 Å². The van der Waals surface area contributed by atoms with Crippen molar-refractivity contribution in [3.63, 3.8) is 0 Å². The average Bonchev–Trinajstić information content (AvgIpc) is 3.92. The number of aliphatic carboxylic acids is 1. The van der Waals surface area contributed by atoms with Crippen LogP contribution in [0.25, 0.3) is 28.5 Å². The number of fused-ring (bicyclic) bond motifs is 4. The van der Waals surface area contributed by atoms with Crippen LogP contribution in [0.3, 0.4) is 0 Å². The summed E-state index contributed by atoms with van der Waals surface area (Å²) in [5.74, 6) is 1.97. The van der Waals surface area contributed by atoms with Crippen LogP contribution in [0.4, 0.5) is 5.69 Å². The lowest BCUT2D eigenvalue weighted by atomic mass is 9.94. The monoisotopic (exact) mass is 632 g/mol. The third-order valence-electron chi connectivity index (χ3n) is 10.5. The standard InChI is InChI=1S/C37H36N4O6/c42-32(43)15-9-22-7-12-26(13-8-22)38-36(45)37(16-1-2-17-37)40-35(44)25-11-14-29-28(20-25)39-34(27-4-3-5-31-33(27)47-21-46-31)41(29)30-19-23-6-10-24(30)18-23/h3-5,7-9,11-15,20,23-24,30H,1-2,6,10,16-19,21H2,(H,38,45)(H,40,44)(H,42,43)/b15-9+. The Kier molecular flexibility index (Phi) is 7.23. The molecule has 3 aromatic carbocycles. The lowest BCUT2D eigenvalue weighted by Crippen LogP contribution is -2.55. The summed E-state index contributed by atoms with van der Waals surface area (Å²) in [4.78, 5) is 43.5. The molecule has 3 unspecified atom stereocenters. The van der Waals surface area contributed by atoms with Crippen LogP contribution >= 0.6 is 0 Å².